The molecule has 102 valence electrons. The lowest BCUT2D eigenvalue weighted by Gasteiger charge is -2.29. The molecule has 0 radical (unpaired) electrons. The van der Waals surface area contributed by atoms with Crippen molar-refractivity contribution < 1.29 is 14.3 Å². The molecular weight excluding hydrogens is 218 g/mol. The normalized spacial score (nSPS) is 14.7. The second kappa shape index (κ2) is 9.42. The third-order valence-electron chi connectivity index (χ3n) is 2.99. The van der Waals surface area contributed by atoms with Crippen molar-refractivity contribution in [2.75, 3.05) is 33.4 Å². The van der Waals surface area contributed by atoms with E-state index in [2.05, 4.69) is 18.7 Å². The predicted octanol–water partition coefficient (Wildman–Crippen LogP) is 1.93. The molecule has 0 saturated carbocycles. The van der Waals surface area contributed by atoms with Crippen LogP contribution in [0.5, 0.6) is 0 Å². The van der Waals surface area contributed by atoms with Crippen molar-refractivity contribution in [3.8, 4) is 0 Å². The van der Waals surface area contributed by atoms with Crippen LogP contribution in [0.1, 0.15) is 34.1 Å². The summed E-state index contributed by atoms with van der Waals surface area (Å²) in [7, 11) is 1.70. The lowest BCUT2D eigenvalue weighted by Crippen LogP contribution is -2.40. The zero-order valence-electron chi connectivity index (χ0n) is 11.9. The van der Waals surface area contributed by atoms with E-state index in [1.54, 1.807) is 7.11 Å². The summed E-state index contributed by atoms with van der Waals surface area (Å²) in [6.45, 7) is 10.8. The number of hydrogen-bond donors (Lipinski definition) is 0. The van der Waals surface area contributed by atoms with Crippen molar-refractivity contribution in [3.05, 3.63) is 0 Å². The molecule has 0 fully saturated rings. The van der Waals surface area contributed by atoms with Gasteiger partial charge in [-0.05, 0) is 20.3 Å². The highest BCUT2D eigenvalue weighted by molar-refractivity contribution is 5.72. The summed E-state index contributed by atoms with van der Waals surface area (Å²) in [6, 6.07) is 0.460. The topological polar surface area (TPSA) is 38.8 Å². The lowest BCUT2D eigenvalue weighted by atomic mass is 10.1. The Morgan fingerprint density at radius 3 is 2.41 bits per heavy atom. The summed E-state index contributed by atoms with van der Waals surface area (Å²) in [6.07, 6.45) is 1.07. The Hall–Kier alpha value is -0.610. The Labute approximate surface area is 105 Å². The first kappa shape index (κ1) is 16.4. The summed E-state index contributed by atoms with van der Waals surface area (Å²) in [5.41, 5.74) is 0. The van der Waals surface area contributed by atoms with E-state index in [1.807, 2.05) is 13.8 Å². The van der Waals surface area contributed by atoms with Gasteiger partial charge < -0.3 is 9.47 Å². The zero-order chi connectivity index (χ0) is 13.3. The van der Waals surface area contributed by atoms with Gasteiger partial charge in [-0.1, -0.05) is 13.8 Å². The van der Waals surface area contributed by atoms with E-state index < -0.39 is 0 Å². The fourth-order valence-corrected chi connectivity index (χ4v) is 1.67. The molecular formula is C13H27NO3. The number of ether oxygens (including phenoxy) is 2. The molecule has 0 aliphatic heterocycles. The maximum absolute atomic E-state index is 11.6. The first-order valence-electron chi connectivity index (χ1n) is 6.46. The molecule has 2 unspecified atom stereocenters. The minimum atomic E-state index is -0.113. The number of carbonyl (C=O) groups is 1. The van der Waals surface area contributed by atoms with Gasteiger partial charge in [-0.25, -0.2) is 0 Å². The van der Waals surface area contributed by atoms with Gasteiger partial charge in [0.15, 0.2) is 0 Å². The largest absolute Gasteiger partial charge is 0.466 e. The average molecular weight is 245 g/mol. The number of carbonyl (C=O) groups excluding carboxylic acids is 1. The molecule has 17 heavy (non-hydrogen) atoms. The van der Waals surface area contributed by atoms with Crippen molar-refractivity contribution in [3.63, 3.8) is 0 Å². The highest BCUT2D eigenvalue weighted by Gasteiger charge is 2.20. The Bertz CT molecular complexity index is 209. The summed E-state index contributed by atoms with van der Waals surface area (Å²) >= 11 is 0. The maximum Gasteiger partial charge on any atom is 0.309 e. The number of methoxy groups -OCH3 is 1. The van der Waals surface area contributed by atoms with Crippen molar-refractivity contribution in [1.82, 2.24) is 4.90 Å². The van der Waals surface area contributed by atoms with E-state index >= 15 is 0 Å². The first-order valence-corrected chi connectivity index (χ1v) is 6.46. The van der Waals surface area contributed by atoms with Crippen LogP contribution in [-0.2, 0) is 14.3 Å². The Kier molecular flexibility index (Phi) is 9.09. The van der Waals surface area contributed by atoms with E-state index in [4.69, 9.17) is 9.47 Å². The van der Waals surface area contributed by atoms with E-state index in [9.17, 15) is 4.79 Å². The van der Waals surface area contributed by atoms with E-state index in [1.165, 1.54) is 0 Å². The molecule has 0 aliphatic rings. The second-order valence-corrected chi connectivity index (χ2v) is 4.40. The number of nitrogens with zero attached hydrogens (tertiary/aromatic N) is 1. The minimum absolute atomic E-state index is 0.0826. The fourth-order valence-electron chi connectivity index (χ4n) is 1.67. The smallest absolute Gasteiger partial charge is 0.309 e. The fraction of sp³-hybridized carbons (Fsp3) is 0.923. The Balaban J connectivity index is 4.25. The molecule has 0 aliphatic carbocycles. The third-order valence-corrected chi connectivity index (χ3v) is 2.99. The molecule has 0 aromatic carbocycles. The summed E-state index contributed by atoms with van der Waals surface area (Å²) in [5, 5.41) is 0. The standard InChI is InChI=1S/C13H27NO3/c1-6-12(4)14(8-9-16-5)10-11(3)13(15)17-7-2/h11-12H,6-10H2,1-5H3. The molecule has 0 spiro atoms. The van der Waals surface area contributed by atoms with Gasteiger partial charge in [-0.3, -0.25) is 9.69 Å². The number of hydrogen-bond acceptors (Lipinski definition) is 4. The van der Waals surface area contributed by atoms with Crippen LogP contribution < -0.4 is 0 Å². The first-order chi connectivity index (χ1) is 8.06. The maximum atomic E-state index is 11.6. The SMILES string of the molecule is CCOC(=O)C(C)CN(CCOC)C(C)CC. The molecule has 4 nitrogen and oxygen atoms in total. The van der Waals surface area contributed by atoms with Crippen molar-refractivity contribution in [1.29, 1.82) is 0 Å². The lowest BCUT2D eigenvalue weighted by molar-refractivity contribution is -0.148. The van der Waals surface area contributed by atoms with Crippen molar-refractivity contribution >= 4 is 5.97 Å². The molecule has 0 N–H and O–H groups in total. The second-order valence-electron chi connectivity index (χ2n) is 4.40. The van der Waals surface area contributed by atoms with Gasteiger partial charge in [0.1, 0.15) is 0 Å². The molecule has 4 heteroatoms. The van der Waals surface area contributed by atoms with Gasteiger partial charge in [0.25, 0.3) is 0 Å². The minimum Gasteiger partial charge on any atom is -0.466 e. The molecule has 0 saturated heterocycles. The van der Waals surface area contributed by atoms with Gasteiger partial charge in [0.05, 0.1) is 19.1 Å². The molecule has 0 aromatic heterocycles. The zero-order valence-corrected chi connectivity index (χ0v) is 11.9. The Morgan fingerprint density at radius 2 is 1.94 bits per heavy atom. The van der Waals surface area contributed by atoms with Crippen LogP contribution in [0.15, 0.2) is 0 Å². The van der Waals surface area contributed by atoms with Gasteiger partial charge in [-0.15, -0.1) is 0 Å². The number of esters is 1. The highest BCUT2D eigenvalue weighted by Crippen LogP contribution is 2.09. The number of rotatable bonds is 9. The summed E-state index contributed by atoms with van der Waals surface area (Å²) < 4.78 is 10.1. The Morgan fingerprint density at radius 1 is 1.29 bits per heavy atom. The summed E-state index contributed by atoms with van der Waals surface area (Å²) in [5.74, 6) is -0.195. The van der Waals surface area contributed by atoms with Gasteiger partial charge in [0.2, 0.25) is 0 Å². The van der Waals surface area contributed by atoms with Crippen molar-refractivity contribution in [2.45, 2.75) is 40.2 Å². The highest BCUT2D eigenvalue weighted by atomic mass is 16.5. The van der Waals surface area contributed by atoms with Crippen LogP contribution in [0.25, 0.3) is 0 Å². The van der Waals surface area contributed by atoms with E-state index in [0.29, 0.717) is 19.3 Å². The molecule has 0 bridgehead atoms. The monoisotopic (exact) mass is 245 g/mol. The molecule has 0 amide bonds. The van der Waals surface area contributed by atoms with Crippen LogP contribution >= 0.6 is 0 Å². The third kappa shape index (κ3) is 6.64. The quantitative estimate of drug-likeness (QED) is 0.582. The van der Waals surface area contributed by atoms with Crippen LogP contribution in [0.2, 0.25) is 0 Å². The molecule has 0 heterocycles. The van der Waals surface area contributed by atoms with Crippen LogP contribution in [0.4, 0.5) is 0 Å². The van der Waals surface area contributed by atoms with E-state index in [-0.39, 0.29) is 11.9 Å². The predicted molar refractivity (Wildman–Crippen MR) is 69.0 cm³/mol. The van der Waals surface area contributed by atoms with Gasteiger partial charge in [-0.2, -0.15) is 0 Å². The van der Waals surface area contributed by atoms with Crippen LogP contribution in [0.3, 0.4) is 0 Å². The van der Waals surface area contributed by atoms with Gasteiger partial charge in [0, 0.05) is 26.2 Å². The van der Waals surface area contributed by atoms with Crippen molar-refractivity contribution in [2.24, 2.45) is 5.92 Å². The summed E-state index contributed by atoms with van der Waals surface area (Å²) in [4.78, 5) is 13.9. The molecule has 2 atom stereocenters. The van der Waals surface area contributed by atoms with Crippen LogP contribution in [-0.4, -0.2) is 50.3 Å². The van der Waals surface area contributed by atoms with Crippen LogP contribution in [0, 0.1) is 5.92 Å². The van der Waals surface area contributed by atoms with E-state index in [0.717, 1.165) is 19.5 Å². The average Bonchev–Trinajstić information content (AvgIpc) is 2.33. The molecule has 0 aromatic rings. The molecule has 0 rings (SSSR count). The van der Waals surface area contributed by atoms with Gasteiger partial charge >= 0.3 is 5.97 Å².